The number of furan rings is 1. The van der Waals surface area contributed by atoms with E-state index < -0.39 is 5.82 Å². The number of imidazole rings is 1. The first-order valence-corrected chi connectivity index (χ1v) is 10.7. The molecule has 1 aliphatic heterocycles. The number of anilines is 2. The zero-order chi connectivity index (χ0) is 22.6. The quantitative estimate of drug-likeness (QED) is 0.503. The Labute approximate surface area is 185 Å². The summed E-state index contributed by atoms with van der Waals surface area (Å²) in [7, 11) is 0. The number of aryl methyl sites for hydroxylation is 2. The molecule has 3 aromatic heterocycles. The molecule has 0 atom stereocenters. The van der Waals surface area contributed by atoms with Gasteiger partial charge < -0.3 is 24.4 Å². The number of hydrogen-bond acceptors (Lipinski definition) is 5. The van der Waals surface area contributed by atoms with Crippen molar-refractivity contribution in [1.29, 1.82) is 0 Å². The third-order valence-corrected chi connectivity index (χ3v) is 5.83. The molecule has 0 bridgehead atoms. The number of carbonyl (C=O) groups excluding carboxylic acids is 1. The third-order valence-electron chi connectivity index (χ3n) is 5.83. The molecule has 5 rings (SSSR count). The first-order chi connectivity index (χ1) is 15.2. The molecule has 1 saturated heterocycles. The van der Waals surface area contributed by atoms with Crippen molar-refractivity contribution >= 4 is 33.9 Å². The van der Waals surface area contributed by atoms with Crippen molar-refractivity contribution in [2.75, 3.05) is 29.9 Å². The monoisotopic (exact) mass is 435 g/mol. The Morgan fingerprint density at radius 3 is 2.84 bits per heavy atom. The highest BCUT2D eigenvalue weighted by atomic mass is 19.1. The molecule has 0 unspecified atom stereocenters. The maximum absolute atomic E-state index is 14.4. The summed E-state index contributed by atoms with van der Waals surface area (Å²) in [4.78, 5) is 19.6. The molecule has 0 spiro atoms. The fraction of sp³-hybridized carbons (Fsp3) is 0.333. The first kappa shape index (κ1) is 20.5. The van der Waals surface area contributed by atoms with Gasteiger partial charge in [0.15, 0.2) is 11.5 Å². The highest BCUT2D eigenvalue weighted by Gasteiger charge is 2.28. The van der Waals surface area contributed by atoms with E-state index in [1.165, 1.54) is 6.07 Å². The molecule has 0 radical (unpaired) electrons. The van der Waals surface area contributed by atoms with Gasteiger partial charge in [-0.3, -0.25) is 4.79 Å². The van der Waals surface area contributed by atoms with E-state index in [1.54, 1.807) is 29.8 Å². The van der Waals surface area contributed by atoms with Gasteiger partial charge in [0, 0.05) is 54.7 Å². The summed E-state index contributed by atoms with van der Waals surface area (Å²) in [6.45, 7) is 10.6. The molecule has 32 heavy (non-hydrogen) atoms. The molecular formula is C24H26FN5O2. The van der Waals surface area contributed by atoms with E-state index in [0.717, 1.165) is 36.5 Å². The van der Waals surface area contributed by atoms with Crippen LogP contribution in [0.5, 0.6) is 0 Å². The van der Waals surface area contributed by atoms with Crippen LogP contribution in [0.15, 0.2) is 41.1 Å². The molecule has 166 valence electrons. The van der Waals surface area contributed by atoms with Gasteiger partial charge in [0.05, 0.1) is 16.9 Å². The molecule has 8 heteroatoms. The van der Waals surface area contributed by atoms with Gasteiger partial charge in [0.1, 0.15) is 11.3 Å². The fourth-order valence-corrected chi connectivity index (χ4v) is 4.48. The summed E-state index contributed by atoms with van der Waals surface area (Å²) >= 11 is 0. The van der Waals surface area contributed by atoms with Gasteiger partial charge in [-0.1, -0.05) is 0 Å². The molecule has 4 heterocycles. The summed E-state index contributed by atoms with van der Waals surface area (Å²) in [6.07, 6.45) is 3.37. The van der Waals surface area contributed by atoms with Gasteiger partial charge >= 0.3 is 0 Å². The van der Waals surface area contributed by atoms with Gasteiger partial charge in [-0.05, 0) is 45.9 Å². The molecule has 0 saturated carbocycles. The maximum Gasteiger partial charge on any atom is 0.259 e. The van der Waals surface area contributed by atoms with Crippen LogP contribution in [0, 0.1) is 19.7 Å². The number of nitrogens with one attached hydrogen (secondary N) is 2. The minimum absolute atomic E-state index is 0.00616. The van der Waals surface area contributed by atoms with Crippen LogP contribution in [0.3, 0.4) is 0 Å². The molecule has 7 nitrogen and oxygen atoms in total. The van der Waals surface area contributed by atoms with E-state index >= 15 is 0 Å². The SMILES string of the molecule is Cc1cn2cc(NC(=O)c3ccc(N4CCNC(C)(C)C4)c4cc(C)oc34)cc(F)c2n1. The predicted octanol–water partition coefficient (Wildman–Crippen LogP) is 4.28. The van der Waals surface area contributed by atoms with Crippen LogP contribution in [0.25, 0.3) is 16.6 Å². The fourth-order valence-electron chi connectivity index (χ4n) is 4.48. The van der Waals surface area contributed by atoms with Crippen molar-refractivity contribution in [2.24, 2.45) is 0 Å². The largest absolute Gasteiger partial charge is 0.460 e. The summed E-state index contributed by atoms with van der Waals surface area (Å²) in [6, 6.07) is 7.00. The van der Waals surface area contributed by atoms with Gasteiger partial charge in [-0.15, -0.1) is 0 Å². The summed E-state index contributed by atoms with van der Waals surface area (Å²) in [5, 5.41) is 7.23. The standard InChI is InChI=1S/C24H26FN5O2/c1-14-11-30-12-16(10-19(25)22(30)27-14)28-23(31)17-5-6-20(18-9-15(2)32-21(17)18)29-8-7-26-24(3,4)13-29/h5-6,9-12,26H,7-8,13H2,1-4H3,(H,28,31). The number of nitrogens with zero attached hydrogens (tertiary/aromatic N) is 3. The normalized spacial score (nSPS) is 16.1. The van der Waals surface area contributed by atoms with Crippen LogP contribution in [0.4, 0.5) is 15.8 Å². The Hall–Kier alpha value is -3.39. The zero-order valence-corrected chi connectivity index (χ0v) is 18.6. The van der Waals surface area contributed by atoms with E-state index in [2.05, 4.69) is 34.4 Å². The number of hydrogen-bond donors (Lipinski definition) is 2. The second kappa shape index (κ2) is 7.34. The Morgan fingerprint density at radius 2 is 2.06 bits per heavy atom. The van der Waals surface area contributed by atoms with Gasteiger partial charge in [0.2, 0.25) is 0 Å². The molecule has 1 fully saturated rings. The Kier molecular flexibility index (Phi) is 4.70. The predicted molar refractivity (Wildman–Crippen MR) is 123 cm³/mol. The van der Waals surface area contributed by atoms with Crippen molar-refractivity contribution in [2.45, 2.75) is 33.2 Å². The third kappa shape index (κ3) is 3.60. The van der Waals surface area contributed by atoms with Crippen LogP contribution in [-0.2, 0) is 0 Å². The second-order valence-corrected chi connectivity index (χ2v) is 9.11. The highest BCUT2D eigenvalue weighted by molar-refractivity contribution is 6.13. The number of benzene rings is 1. The number of pyridine rings is 1. The number of rotatable bonds is 3. The van der Waals surface area contributed by atoms with Gasteiger partial charge in [0.25, 0.3) is 5.91 Å². The van der Waals surface area contributed by atoms with Crippen molar-refractivity contribution in [3.05, 3.63) is 59.5 Å². The number of piperazine rings is 1. The summed E-state index contributed by atoms with van der Waals surface area (Å²) in [5.74, 6) is -0.115. The Morgan fingerprint density at radius 1 is 1.25 bits per heavy atom. The van der Waals surface area contributed by atoms with E-state index in [4.69, 9.17) is 4.42 Å². The minimum atomic E-state index is -0.494. The van der Waals surface area contributed by atoms with E-state index in [9.17, 15) is 9.18 Å². The molecule has 1 aliphatic rings. The van der Waals surface area contributed by atoms with Crippen molar-refractivity contribution in [3.8, 4) is 0 Å². The Balaban J connectivity index is 1.50. The maximum atomic E-state index is 14.4. The van der Waals surface area contributed by atoms with Gasteiger partial charge in [-0.25, -0.2) is 9.37 Å². The van der Waals surface area contributed by atoms with Crippen molar-refractivity contribution in [3.63, 3.8) is 0 Å². The molecule has 4 aromatic rings. The van der Waals surface area contributed by atoms with Crippen LogP contribution in [0.2, 0.25) is 0 Å². The smallest absolute Gasteiger partial charge is 0.259 e. The minimum Gasteiger partial charge on any atom is -0.460 e. The first-order valence-electron chi connectivity index (χ1n) is 10.7. The number of amides is 1. The van der Waals surface area contributed by atoms with Crippen LogP contribution in [0.1, 0.15) is 35.7 Å². The number of halogens is 1. The lowest BCUT2D eigenvalue weighted by atomic mass is 10.0. The Bertz CT molecular complexity index is 1350. The van der Waals surface area contributed by atoms with Crippen LogP contribution in [-0.4, -0.2) is 40.5 Å². The molecular weight excluding hydrogens is 409 g/mol. The lowest BCUT2D eigenvalue weighted by Crippen LogP contribution is -2.57. The average Bonchev–Trinajstić information content (AvgIpc) is 3.28. The number of carbonyl (C=O) groups is 1. The average molecular weight is 436 g/mol. The lowest BCUT2D eigenvalue weighted by molar-refractivity contribution is 0.102. The van der Waals surface area contributed by atoms with E-state index in [0.29, 0.717) is 22.5 Å². The van der Waals surface area contributed by atoms with Crippen LogP contribution < -0.4 is 15.5 Å². The zero-order valence-electron chi connectivity index (χ0n) is 18.6. The van der Waals surface area contributed by atoms with E-state index in [1.807, 2.05) is 19.1 Å². The number of fused-ring (bicyclic) bond motifs is 2. The molecule has 0 aliphatic carbocycles. The van der Waals surface area contributed by atoms with Crippen molar-refractivity contribution < 1.29 is 13.6 Å². The highest BCUT2D eigenvalue weighted by Crippen LogP contribution is 2.34. The molecule has 1 amide bonds. The van der Waals surface area contributed by atoms with Crippen LogP contribution >= 0.6 is 0 Å². The number of aromatic nitrogens is 2. The van der Waals surface area contributed by atoms with Gasteiger partial charge in [-0.2, -0.15) is 0 Å². The lowest BCUT2D eigenvalue weighted by Gasteiger charge is -2.40. The van der Waals surface area contributed by atoms with Crippen molar-refractivity contribution in [1.82, 2.24) is 14.7 Å². The molecule has 1 aromatic carbocycles. The topological polar surface area (TPSA) is 74.8 Å². The second-order valence-electron chi connectivity index (χ2n) is 9.11. The summed E-state index contributed by atoms with van der Waals surface area (Å²) < 4.78 is 21.9. The molecule has 2 N–H and O–H groups in total. The summed E-state index contributed by atoms with van der Waals surface area (Å²) in [5.41, 5.74) is 3.27. The van der Waals surface area contributed by atoms with E-state index in [-0.39, 0.29) is 17.1 Å².